The molecule has 0 unspecified atom stereocenters. The SMILES string of the molecule is O=C(Nc1cc(Cl)ccn1)c1cccc(=O)[nH]1. The standard InChI is InChI=1S/C11H8ClN3O2/c12-7-4-5-13-9(6-7)15-11(17)8-2-1-3-10(16)14-8/h1-6H,(H,14,16)(H,13,15,17). The lowest BCUT2D eigenvalue weighted by Crippen LogP contribution is -2.18. The van der Waals surface area contributed by atoms with Gasteiger partial charge in [-0.2, -0.15) is 0 Å². The Bertz CT molecular complexity index is 609. The Morgan fingerprint density at radius 1 is 1.35 bits per heavy atom. The third-order valence-corrected chi connectivity index (χ3v) is 2.21. The second-order valence-electron chi connectivity index (χ2n) is 3.24. The molecule has 0 aliphatic heterocycles. The molecule has 1 amide bonds. The molecule has 0 atom stereocenters. The fourth-order valence-electron chi connectivity index (χ4n) is 1.24. The number of amides is 1. The van der Waals surface area contributed by atoms with Crippen molar-refractivity contribution in [2.45, 2.75) is 0 Å². The first-order valence-electron chi connectivity index (χ1n) is 4.77. The zero-order valence-electron chi connectivity index (χ0n) is 8.61. The highest BCUT2D eigenvalue weighted by Gasteiger charge is 2.07. The molecule has 0 aromatic carbocycles. The van der Waals surface area contributed by atoms with E-state index in [1.807, 2.05) is 0 Å². The van der Waals surface area contributed by atoms with Gasteiger partial charge >= 0.3 is 0 Å². The zero-order valence-corrected chi connectivity index (χ0v) is 9.36. The van der Waals surface area contributed by atoms with Crippen LogP contribution in [0, 0.1) is 0 Å². The summed E-state index contributed by atoms with van der Waals surface area (Å²) in [5.41, 5.74) is -0.170. The molecule has 2 rings (SSSR count). The van der Waals surface area contributed by atoms with Gasteiger partial charge in [0.2, 0.25) is 5.56 Å². The van der Waals surface area contributed by atoms with Crippen LogP contribution in [-0.4, -0.2) is 15.9 Å². The topological polar surface area (TPSA) is 74.8 Å². The van der Waals surface area contributed by atoms with Gasteiger partial charge in [-0.3, -0.25) is 9.59 Å². The second-order valence-corrected chi connectivity index (χ2v) is 3.68. The van der Waals surface area contributed by atoms with Crippen LogP contribution < -0.4 is 10.9 Å². The number of carbonyl (C=O) groups is 1. The van der Waals surface area contributed by atoms with E-state index in [4.69, 9.17) is 11.6 Å². The highest BCUT2D eigenvalue weighted by molar-refractivity contribution is 6.30. The van der Waals surface area contributed by atoms with Crippen LogP contribution >= 0.6 is 11.6 Å². The molecule has 0 bridgehead atoms. The highest BCUT2D eigenvalue weighted by atomic mass is 35.5. The van der Waals surface area contributed by atoms with Crippen LogP contribution in [0.25, 0.3) is 0 Å². The number of halogens is 1. The molecular weight excluding hydrogens is 242 g/mol. The Kier molecular flexibility index (Phi) is 3.20. The number of rotatable bonds is 2. The van der Waals surface area contributed by atoms with Gasteiger partial charge in [-0.05, 0) is 18.2 Å². The minimum absolute atomic E-state index is 0.166. The lowest BCUT2D eigenvalue weighted by molar-refractivity contribution is 0.102. The number of anilines is 1. The van der Waals surface area contributed by atoms with Crippen LogP contribution in [0.3, 0.4) is 0 Å². The fraction of sp³-hybridized carbons (Fsp3) is 0. The van der Waals surface area contributed by atoms with Gasteiger partial charge in [-0.1, -0.05) is 17.7 Å². The predicted molar refractivity (Wildman–Crippen MR) is 64.3 cm³/mol. The van der Waals surface area contributed by atoms with Crippen molar-refractivity contribution in [2.24, 2.45) is 0 Å². The Morgan fingerprint density at radius 3 is 2.88 bits per heavy atom. The van der Waals surface area contributed by atoms with Gasteiger partial charge in [0, 0.05) is 17.3 Å². The van der Waals surface area contributed by atoms with E-state index < -0.39 is 5.91 Å². The van der Waals surface area contributed by atoms with Gasteiger partial charge in [0.15, 0.2) is 0 Å². The number of nitrogens with one attached hydrogen (secondary N) is 2. The number of nitrogens with zero attached hydrogens (tertiary/aromatic N) is 1. The third-order valence-electron chi connectivity index (χ3n) is 1.98. The summed E-state index contributed by atoms with van der Waals surface area (Å²) in [5.74, 6) is -0.121. The van der Waals surface area contributed by atoms with E-state index in [0.717, 1.165) is 0 Å². The van der Waals surface area contributed by atoms with Crippen molar-refractivity contribution in [2.75, 3.05) is 5.32 Å². The highest BCUT2D eigenvalue weighted by Crippen LogP contribution is 2.12. The van der Waals surface area contributed by atoms with E-state index in [0.29, 0.717) is 10.8 Å². The molecule has 0 aliphatic carbocycles. The Morgan fingerprint density at radius 2 is 2.18 bits per heavy atom. The molecule has 0 radical (unpaired) electrons. The van der Waals surface area contributed by atoms with Crippen LogP contribution in [0.5, 0.6) is 0 Å². The molecule has 17 heavy (non-hydrogen) atoms. The molecule has 2 aromatic heterocycles. The Labute approximate surface area is 101 Å². The van der Waals surface area contributed by atoms with Gasteiger partial charge in [0.1, 0.15) is 11.5 Å². The first kappa shape index (κ1) is 11.3. The van der Waals surface area contributed by atoms with Crippen molar-refractivity contribution in [1.29, 1.82) is 0 Å². The van der Waals surface area contributed by atoms with Crippen LogP contribution in [0.4, 0.5) is 5.82 Å². The summed E-state index contributed by atoms with van der Waals surface area (Å²) in [6, 6.07) is 7.44. The molecule has 2 aromatic rings. The molecule has 0 saturated carbocycles. The number of hydrogen-bond acceptors (Lipinski definition) is 3. The molecule has 5 nitrogen and oxygen atoms in total. The molecule has 2 heterocycles. The summed E-state index contributed by atoms with van der Waals surface area (Å²) in [6.07, 6.45) is 1.48. The van der Waals surface area contributed by atoms with Crippen molar-refractivity contribution < 1.29 is 4.79 Å². The van der Waals surface area contributed by atoms with Gasteiger partial charge in [0.05, 0.1) is 0 Å². The summed E-state index contributed by atoms with van der Waals surface area (Å²) >= 11 is 5.75. The molecule has 86 valence electrons. The maximum atomic E-state index is 11.7. The van der Waals surface area contributed by atoms with Gasteiger partial charge in [-0.25, -0.2) is 4.98 Å². The van der Waals surface area contributed by atoms with E-state index in [1.165, 1.54) is 30.5 Å². The Hall–Kier alpha value is -2.14. The molecular formula is C11H8ClN3O2. The maximum Gasteiger partial charge on any atom is 0.273 e. The third kappa shape index (κ3) is 2.92. The number of carbonyl (C=O) groups excluding carboxylic acids is 1. The summed E-state index contributed by atoms with van der Waals surface area (Å²) in [4.78, 5) is 29.1. The van der Waals surface area contributed by atoms with Gasteiger partial charge in [0.25, 0.3) is 5.91 Å². The van der Waals surface area contributed by atoms with Crippen molar-refractivity contribution in [3.63, 3.8) is 0 Å². The summed E-state index contributed by atoms with van der Waals surface area (Å²) in [6.45, 7) is 0. The number of pyridine rings is 2. The average Bonchev–Trinajstić information content (AvgIpc) is 2.29. The minimum atomic E-state index is -0.447. The molecule has 0 spiro atoms. The van der Waals surface area contributed by atoms with E-state index in [9.17, 15) is 9.59 Å². The zero-order chi connectivity index (χ0) is 12.3. The van der Waals surface area contributed by atoms with Crippen molar-refractivity contribution in [3.8, 4) is 0 Å². The van der Waals surface area contributed by atoms with Crippen molar-refractivity contribution in [1.82, 2.24) is 9.97 Å². The number of aromatic amines is 1. The second kappa shape index (κ2) is 4.80. The van der Waals surface area contributed by atoms with E-state index in [-0.39, 0.29) is 11.3 Å². The van der Waals surface area contributed by atoms with E-state index in [2.05, 4.69) is 15.3 Å². The van der Waals surface area contributed by atoms with Crippen LogP contribution in [0.2, 0.25) is 5.02 Å². The number of aromatic nitrogens is 2. The summed E-state index contributed by atoms with van der Waals surface area (Å²) < 4.78 is 0. The normalized spacial score (nSPS) is 9.94. The largest absolute Gasteiger partial charge is 0.318 e. The fourth-order valence-corrected chi connectivity index (χ4v) is 1.40. The van der Waals surface area contributed by atoms with Crippen molar-refractivity contribution in [3.05, 3.63) is 57.6 Å². The molecule has 0 fully saturated rings. The number of H-pyrrole nitrogens is 1. The number of hydrogen-bond donors (Lipinski definition) is 2. The van der Waals surface area contributed by atoms with Gasteiger partial charge in [-0.15, -0.1) is 0 Å². The monoisotopic (exact) mass is 249 g/mol. The maximum absolute atomic E-state index is 11.7. The lowest BCUT2D eigenvalue weighted by Gasteiger charge is -2.03. The lowest BCUT2D eigenvalue weighted by atomic mass is 10.3. The van der Waals surface area contributed by atoms with Crippen LogP contribution in [0.1, 0.15) is 10.5 Å². The summed E-state index contributed by atoms with van der Waals surface area (Å²) in [5, 5.41) is 2.99. The van der Waals surface area contributed by atoms with E-state index >= 15 is 0 Å². The molecule has 0 saturated heterocycles. The summed E-state index contributed by atoms with van der Waals surface area (Å²) in [7, 11) is 0. The molecule has 6 heteroatoms. The first-order valence-corrected chi connectivity index (χ1v) is 5.15. The average molecular weight is 250 g/mol. The van der Waals surface area contributed by atoms with Crippen LogP contribution in [0.15, 0.2) is 41.3 Å². The van der Waals surface area contributed by atoms with E-state index in [1.54, 1.807) is 6.07 Å². The minimum Gasteiger partial charge on any atom is -0.318 e. The quantitative estimate of drug-likeness (QED) is 0.850. The van der Waals surface area contributed by atoms with Crippen LogP contribution in [-0.2, 0) is 0 Å². The van der Waals surface area contributed by atoms with Gasteiger partial charge < -0.3 is 10.3 Å². The molecule has 2 N–H and O–H groups in total. The smallest absolute Gasteiger partial charge is 0.273 e. The molecule has 0 aliphatic rings. The van der Waals surface area contributed by atoms with Crippen molar-refractivity contribution >= 4 is 23.3 Å². The Balaban J connectivity index is 2.20. The predicted octanol–water partition coefficient (Wildman–Crippen LogP) is 1.68. The first-order chi connectivity index (χ1) is 8.15.